The minimum absolute atomic E-state index is 0.0699. The molecule has 11 heteroatoms. The Bertz CT molecular complexity index is 1000. The molecule has 0 amide bonds. The number of pyridine rings is 1. The van der Waals surface area contributed by atoms with E-state index in [2.05, 4.69) is 4.98 Å². The minimum Gasteiger partial charge on any atom is -0.392 e. The Morgan fingerprint density at radius 3 is 2.47 bits per heavy atom. The van der Waals surface area contributed by atoms with Crippen LogP contribution < -0.4 is 4.90 Å². The molecule has 1 aromatic heterocycles. The van der Waals surface area contributed by atoms with Crippen LogP contribution in [-0.4, -0.2) is 60.3 Å². The number of aliphatic hydroxyl groups is 1. The molecule has 0 radical (unpaired) electrons. The van der Waals surface area contributed by atoms with Crippen LogP contribution in [0.2, 0.25) is 0 Å². The summed E-state index contributed by atoms with van der Waals surface area (Å²) in [5.74, 6) is -1.14. The molecule has 2 saturated carbocycles. The average Bonchev–Trinajstić information content (AvgIpc) is 3.01. The van der Waals surface area contributed by atoms with Gasteiger partial charge in [0.2, 0.25) is 10.0 Å². The van der Waals surface area contributed by atoms with E-state index in [9.17, 15) is 31.1 Å². The molecule has 1 aliphatic heterocycles. The molecule has 0 spiro atoms. The van der Waals surface area contributed by atoms with Crippen LogP contribution >= 0.6 is 0 Å². The maximum atomic E-state index is 14.4. The van der Waals surface area contributed by atoms with Crippen molar-refractivity contribution in [2.45, 2.75) is 58.4 Å². The van der Waals surface area contributed by atoms with Crippen LogP contribution in [0.1, 0.15) is 45.6 Å². The first kappa shape index (κ1) is 23.7. The highest BCUT2D eigenvalue weighted by Gasteiger charge is 2.65. The molecule has 2 heterocycles. The smallest absolute Gasteiger partial charge is 0.392 e. The zero-order chi connectivity index (χ0) is 23.7. The molecule has 2 aliphatic carbocycles. The summed E-state index contributed by atoms with van der Waals surface area (Å²) >= 11 is 0. The summed E-state index contributed by atoms with van der Waals surface area (Å²) in [4.78, 5) is 5.18. The van der Waals surface area contributed by atoms with E-state index in [4.69, 9.17) is 0 Å². The third-order valence-corrected chi connectivity index (χ3v) is 10.2. The lowest BCUT2D eigenvalue weighted by Crippen LogP contribution is -2.56. The summed E-state index contributed by atoms with van der Waals surface area (Å²) in [6, 6.07) is -0.0650. The van der Waals surface area contributed by atoms with E-state index in [1.807, 2.05) is 13.8 Å². The van der Waals surface area contributed by atoms with Crippen LogP contribution in [0.4, 0.5) is 23.4 Å². The highest BCUT2D eigenvalue weighted by molar-refractivity contribution is 7.89. The number of hydrogen-bond acceptors (Lipinski definition) is 5. The van der Waals surface area contributed by atoms with E-state index >= 15 is 0 Å². The van der Waals surface area contributed by atoms with Crippen LogP contribution in [-0.2, 0) is 16.2 Å². The monoisotopic (exact) mass is 479 g/mol. The topological polar surface area (TPSA) is 73.7 Å². The van der Waals surface area contributed by atoms with Crippen molar-refractivity contribution in [2.24, 2.45) is 16.7 Å². The normalized spacial score (nSPS) is 33.1. The number of alkyl halides is 3. The Balaban J connectivity index is 1.50. The van der Waals surface area contributed by atoms with Crippen molar-refractivity contribution in [1.82, 2.24) is 9.29 Å². The zero-order valence-corrected chi connectivity index (χ0v) is 19.2. The number of aliphatic hydroxyl groups excluding tert-OH is 1. The predicted octanol–water partition coefficient (Wildman–Crippen LogP) is 3.27. The summed E-state index contributed by atoms with van der Waals surface area (Å²) in [5.41, 5.74) is -2.13. The fourth-order valence-electron chi connectivity index (χ4n) is 6.08. The van der Waals surface area contributed by atoms with Crippen LogP contribution in [0.15, 0.2) is 12.3 Å². The molecular weight excluding hydrogens is 450 g/mol. The SMILES string of the molecule is C[C@H]1CN(S(=O)(=O)C[C@]23CC[C@H](C[C@H]2O)C3(C)C)CCN1c1ncc(C(F)(F)F)cc1F. The number of hydrogen-bond donors (Lipinski definition) is 1. The van der Waals surface area contributed by atoms with Gasteiger partial charge in [0.15, 0.2) is 11.6 Å². The Hall–Kier alpha value is -1.46. The maximum absolute atomic E-state index is 14.4. The third kappa shape index (κ3) is 3.60. The predicted molar refractivity (Wildman–Crippen MR) is 111 cm³/mol. The molecule has 4 rings (SSSR count). The Labute approximate surface area is 185 Å². The van der Waals surface area contributed by atoms with Crippen molar-refractivity contribution >= 4 is 15.8 Å². The van der Waals surface area contributed by atoms with E-state index in [0.29, 0.717) is 31.0 Å². The summed E-state index contributed by atoms with van der Waals surface area (Å²) in [7, 11) is -3.71. The van der Waals surface area contributed by atoms with Gasteiger partial charge in [-0.3, -0.25) is 0 Å². The first-order chi connectivity index (χ1) is 14.7. The zero-order valence-electron chi connectivity index (χ0n) is 18.4. The molecule has 1 aromatic rings. The van der Waals surface area contributed by atoms with Crippen molar-refractivity contribution in [3.05, 3.63) is 23.6 Å². The molecule has 1 N–H and O–H groups in total. The summed E-state index contributed by atoms with van der Waals surface area (Å²) in [5, 5.41) is 10.7. The fraction of sp³-hybridized carbons (Fsp3) is 0.762. The molecule has 0 aromatic carbocycles. The van der Waals surface area contributed by atoms with Gasteiger partial charge in [-0.25, -0.2) is 17.8 Å². The maximum Gasteiger partial charge on any atom is 0.417 e. The highest BCUT2D eigenvalue weighted by Crippen LogP contribution is 2.66. The third-order valence-electron chi connectivity index (χ3n) is 8.23. The lowest BCUT2D eigenvalue weighted by atomic mass is 9.70. The molecule has 3 aliphatic rings. The van der Waals surface area contributed by atoms with E-state index in [-0.39, 0.29) is 36.6 Å². The molecule has 32 heavy (non-hydrogen) atoms. The molecule has 6 nitrogen and oxygen atoms in total. The van der Waals surface area contributed by atoms with Gasteiger partial charge in [-0.05, 0) is 43.6 Å². The molecule has 2 bridgehead atoms. The highest BCUT2D eigenvalue weighted by atomic mass is 32.2. The second-order valence-electron chi connectivity index (χ2n) is 10.0. The van der Waals surface area contributed by atoms with Gasteiger partial charge in [0.25, 0.3) is 0 Å². The largest absolute Gasteiger partial charge is 0.417 e. The van der Waals surface area contributed by atoms with Gasteiger partial charge in [-0.2, -0.15) is 17.5 Å². The second-order valence-corrected chi connectivity index (χ2v) is 12.0. The number of rotatable bonds is 4. The quantitative estimate of drug-likeness (QED) is 0.671. The number of piperazine rings is 1. The standard InChI is InChI=1S/C21H29F4N3O3S/c1-13-11-27(6-7-28(13)18-16(22)8-15(10-26-18)21(23,24)25)32(30,31)12-20-5-4-14(9-17(20)29)19(20,2)3/h8,10,13-14,17,29H,4-7,9,11-12H2,1-3H3/t13-,14+,17+,20+/m0/s1. The van der Waals surface area contributed by atoms with Gasteiger partial charge in [0.1, 0.15) is 0 Å². The van der Waals surface area contributed by atoms with Crippen molar-refractivity contribution in [3.63, 3.8) is 0 Å². The van der Waals surface area contributed by atoms with Crippen LogP contribution in [0.25, 0.3) is 0 Å². The summed E-state index contributed by atoms with van der Waals surface area (Å²) in [6.07, 6.45) is -2.57. The van der Waals surface area contributed by atoms with E-state index in [1.54, 1.807) is 6.92 Å². The molecule has 180 valence electrons. The second kappa shape index (κ2) is 7.53. The first-order valence-corrected chi connectivity index (χ1v) is 12.5. The Morgan fingerprint density at radius 1 is 1.28 bits per heavy atom. The lowest BCUT2D eigenvalue weighted by molar-refractivity contribution is -0.138. The Morgan fingerprint density at radius 2 is 1.97 bits per heavy atom. The molecule has 1 saturated heterocycles. The van der Waals surface area contributed by atoms with Crippen molar-refractivity contribution in [1.29, 1.82) is 0 Å². The van der Waals surface area contributed by atoms with Gasteiger partial charge in [0, 0.05) is 37.3 Å². The van der Waals surface area contributed by atoms with E-state index < -0.39 is 45.1 Å². The van der Waals surface area contributed by atoms with Gasteiger partial charge in [-0.15, -0.1) is 0 Å². The van der Waals surface area contributed by atoms with Crippen molar-refractivity contribution in [2.75, 3.05) is 30.3 Å². The lowest BCUT2D eigenvalue weighted by Gasteiger charge is -2.44. The van der Waals surface area contributed by atoms with Crippen LogP contribution in [0.3, 0.4) is 0 Å². The Kier molecular flexibility index (Phi) is 5.57. The molecule has 4 atom stereocenters. The minimum atomic E-state index is -4.69. The molecule has 0 unspecified atom stereocenters. The number of sulfonamides is 1. The van der Waals surface area contributed by atoms with Crippen LogP contribution in [0.5, 0.6) is 0 Å². The number of fused-ring (bicyclic) bond motifs is 2. The van der Waals surface area contributed by atoms with Crippen LogP contribution in [0, 0.1) is 22.6 Å². The van der Waals surface area contributed by atoms with Gasteiger partial charge in [-0.1, -0.05) is 13.8 Å². The van der Waals surface area contributed by atoms with Gasteiger partial charge < -0.3 is 10.0 Å². The summed E-state index contributed by atoms with van der Waals surface area (Å²) < 4.78 is 80.9. The summed E-state index contributed by atoms with van der Waals surface area (Å²) in [6.45, 7) is 6.02. The number of aromatic nitrogens is 1. The number of nitrogens with zero attached hydrogens (tertiary/aromatic N) is 3. The van der Waals surface area contributed by atoms with E-state index in [0.717, 1.165) is 6.42 Å². The molecular formula is C21H29F4N3O3S. The van der Waals surface area contributed by atoms with Crippen molar-refractivity contribution < 1.29 is 31.1 Å². The van der Waals surface area contributed by atoms with E-state index in [1.165, 1.54) is 9.21 Å². The van der Waals surface area contributed by atoms with Gasteiger partial charge >= 0.3 is 6.18 Å². The molecule has 3 fully saturated rings. The number of anilines is 1. The van der Waals surface area contributed by atoms with Gasteiger partial charge in [0.05, 0.1) is 17.4 Å². The fourth-order valence-corrected chi connectivity index (χ4v) is 8.43. The number of halogens is 4. The average molecular weight is 480 g/mol. The van der Waals surface area contributed by atoms with Crippen molar-refractivity contribution in [3.8, 4) is 0 Å². The first-order valence-electron chi connectivity index (χ1n) is 10.8.